The highest BCUT2D eigenvalue weighted by Crippen LogP contribution is 1.98. The van der Waals surface area contributed by atoms with E-state index in [-0.39, 0.29) is 6.61 Å². The van der Waals surface area contributed by atoms with Gasteiger partial charge in [0.05, 0.1) is 6.54 Å². The molecule has 0 aliphatic heterocycles. The fraction of sp³-hybridized carbons (Fsp3) is 0.727. The third-order valence-electron chi connectivity index (χ3n) is 2.38. The molecule has 0 aliphatic rings. The summed E-state index contributed by atoms with van der Waals surface area (Å²) in [7, 11) is 0. The van der Waals surface area contributed by atoms with Gasteiger partial charge in [0.25, 0.3) is 0 Å². The average molecular weight is 211 g/mol. The van der Waals surface area contributed by atoms with Gasteiger partial charge in [-0.15, -0.1) is 0 Å². The molecule has 1 rings (SSSR count). The zero-order valence-electron chi connectivity index (χ0n) is 9.56. The van der Waals surface area contributed by atoms with Gasteiger partial charge in [0, 0.05) is 31.1 Å². The zero-order valence-corrected chi connectivity index (χ0v) is 9.56. The fourth-order valence-corrected chi connectivity index (χ4v) is 1.71. The summed E-state index contributed by atoms with van der Waals surface area (Å²) in [6, 6.07) is 2.78. The Morgan fingerprint density at radius 1 is 1.40 bits per heavy atom. The maximum atomic E-state index is 8.71. The van der Waals surface area contributed by atoms with E-state index in [0.717, 1.165) is 19.4 Å². The second-order valence-electron chi connectivity index (χ2n) is 4.06. The van der Waals surface area contributed by atoms with E-state index in [1.54, 1.807) is 6.20 Å². The summed E-state index contributed by atoms with van der Waals surface area (Å²) < 4.78 is 1.93. The normalized spacial score (nSPS) is 15.1. The van der Waals surface area contributed by atoms with Gasteiger partial charge in [0.1, 0.15) is 0 Å². The summed E-state index contributed by atoms with van der Waals surface area (Å²) in [5.41, 5.74) is 0. The molecule has 1 aromatic rings. The molecule has 0 saturated heterocycles. The van der Waals surface area contributed by atoms with Gasteiger partial charge < -0.3 is 10.4 Å². The molecule has 0 spiro atoms. The monoisotopic (exact) mass is 211 g/mol. The summed E-state index contributed by atoms with van der Waals surface area (Å²) in [4.78, 5) is 0. The highest BCUT2D eigenvalue weighted by Gasteiger charge is 2.07. The molecule has 4 nitrogen and oxygen atoms in total. The number of nitrogens with zero attached hydrogens (tertiary/aromatic N) is 2. The van der Waals surface area contributed by atoms with Crippen molar-refractivity contribution < 1.29 is 5.11 Å². The summed E-state index contributed by atoms with van der Waals surface area (Å²) >= 11 is 0. The van der Waals surface area contributed by atoms with E-state index in [2.05, 4.69) is 24.3 Å². The Bertz CT molecular complexity index is 248. The lowest BCUT2D eigenvalue weighted by Crippen LogP contribution is -2.37. The topological polar surface area (TPSA) is 50.1 Å². The van der Waals surface area contributed by atoms with Crippen LogP contribution in [0.3, 0.4) is 0 Å². The van der Waals surface area contributed by atoms with Crippen molar-refractivity contribution in [2.75, 3.05) is 6.61 Å². The first kappa shape index (κ1) is 12.2. The zero-order chi connectivity index (χ0) is 11.1. The second kappa shape index (κ2) is 6.58. The van der Waals surface area contributed by atoms with Crippen molar-refractivity contribution in [1.29, 1.82) is 0 Å². The van der Waals surface area contributed by atoms with E-state index in [9.17, 15) is 0 Å². The Morgan fingerprint density at radius 3 is 2.80 bits per heavy atom. The van der Waals surface area contributed by atoms with Crippen molar-refractivity contribution >= 4 is 0 Å². The standard InChI is InChI=1S/C11H21N3O/c1-10(5-3-8-15)13-11(2)9-14-7-4-6-12-14/h4,6-7,10-11,13,15H,3,5,8-9H2,1-2H3. The Hall–Kier alpha value is -0.870. The van der Waals surface area contributed by atoms with Gasteiger partial charge in [0.2, 0.25) is 0 Å². The van der Waals surface area contributed by atoms with Crippen LogP contribution in [0.25, 0.3) is 0 Å². The van der Waals surface area contributed by atoms with Gasteiger partial charge in [-0.05, 0) is 32.8 Å². The van der Waals surface area contributed by atoms with E-state index >= 15 is 0 Å². The van der Waals surface area contributed by atoms with Crippen molar-refractivity contribution in [3.8, 4) is 0 Å². The first-order valence-electron chi connectivity index (χ1n) is 5.56. The van der Waals surface area contributed by atoms with E-state index < -0.39 is 0 Å². The third kappa shape index (κ3) is 4.95. The molecule has 86 valence electrons. The van der Waals surface area contributed by atoms with E-state index in [0.29, 0.717) is 12.1 Å². The van der Waals surface area contributed by atoms with Crippen molar-refractivity contribution in [3.05, 3.63) is 18.5 Å². The van der Waals surface area contributed by atoms with Crippen molar-refractivity contribution in [1.82, 2.24) is 15.1 Å². The molecule has 1 aromatic heterocycles. The largest absolute Gasteiger partial charge is 0.396 e. The summed E-state index contributed by atoms with van der Waals surface area (Å²) in [6.45, 7) is 5.46. The molecule has 4 heteroatoms. The molecule has 0 aliphatic carbocycles. The predicted molar refractivity (Wildman–Crippen MR) is 60.6 cm³/mol. The molecule has 2 atom stereocenters. The number of nitrogens with one attached hydrogen (secondary N) is 1. The van der Waals surface area contributed by atoms with Crippen molar-refractivity contribution in [2.45, 2.75) is 45.3 Å². The van der Waals surface area contributed by atoms with Crippen LogP contribution in [0.2, 0.25) is 0 Å². The van der Waals surface area contributed by atoms with Gasteiger partial charge >= 0.3 is 0 Å². The lowest BCUT2D eigenvalue weighted by Gasteiger charge is -2.19. The molecule has 0 aromatic carbocycles. The summed E-state index contributed by atoms with van der Waals surface area (Å²) in [6.07, 6.45) is 5.64. The molecule has 2 N–H and O–H groups in total. The average Bonchev–Trinajstić information content (AvgIpc) is 2.67. The number of hydrogen-bond donors (Lipinski definition) is 2. The quantitative estimate of drug-likeness (QED) is 0.708. The number of hydrogen-bond acceptors (Lipinski definition) is 3. The summed E-state index contributed by atoms with van der Waals surface area (Å²) in [5.74, 6) is 0. The van der Waals surface area contributed by atoms with Gasteiger partial charge in [-0.25, -0.2) is 0 Å². The van der Waals surface area contributed by atoms with Crippen LogP contribution in [-0.2, 0) is 6.54 Å². The van der Waals surface area contributed by atoms with Crippen LogP contribution in [0.1, 0.15) is 26.7 Å². The van der Waals surface area contributed by atoms with Crippen LogP contribution in [-0.4, -0.2) is 33.6 Å². The van der Waals surface area contributed by atoms with Crippen LogP contribution in [0, 0.1) is 0 Å². The Labute approximate surface area is 91.3 Å². The Kier molecular flexibility index (Phi) is 5.36. The van der Waals surface area contributed by atoms with Gasteiger partial charge in [-0.1, -0.05) is 0 Å². The molecular formula is C11H21N3O. The van der Waals surface area contributed by atoms with E-state index in [1.165, 1.54) is 0 Å². The molecule has 0 saturated carbocycles. The van der Waals surface area contributed by atoms with Gasteiger partial charge in [0.15, 0.2) is 0 Å². The van der Waals surface area contributed by atoms with Crippen LogP contribution < -0.4 is 5.32 Å². The molecule has 0 fully saturated rings. The molecule has 0 amide bonds. The minimum atomic E-state index is 0.277. The van der Waals surface area contributed by atoms with Crippen LogP contribution >= 0.6 is 0 Å². The maximum Gasteiger partial charge on any atom is 0.0560 e. The smallest absolute Gasteiger partial charge is 0.0560 e. The van der Waals surface area contributed by atoms with Gasteiger partial charge in [-0.3, -0.25) is 4.68 Å². The van der Waals surface area contributed by atoms with E-state index in [1.807, 2.05) is 16.9 Å². The Morgan fingerprint density at radius 2 is 2.20 bits per heavy atom. The highest BCUT2D eigenvalue weighted by atomic mass is 16.2. The maximum absolute atomic E-state index is 8.71. The fourth-order valence-electron chi connectivity index (χ4n) is 1.71. The predicted octanol–water partition coefficient (Wildman–Crippen LogP) is 1.02. The molecule has 2 unspecified atom stereocenters. The number of aromatic nitrogens is 2. The minimum absolute atomic E-state index is 0.277. The van der Waals surface area contributed by atoms with Gasteiger partial charge in [-0.2, -0.15) is 5.10 Å². The lowest BCUT2D eigenvalue weighted by atomic mass is 10.1. The van der Waals surface area contributed by atoms with Crippen LogP contribution in [0.5, 0.6) is 0 Å². The SMILES string of the molecule is CC(CCCO)NC(C)Cn1cccn1. The second-order valence-corrected chi connectivity index (χ2v) is 4.06. The number of aliphatic hydroxyl groups excluding tert-OH is 1. The summed E-state index contributed by atoms with van der Waals surface area (Å²) in [5, 5.41) is 16.4. The number of aliphatic hydroxyl groups is 1. The molecular weight excluding hydrogens is 190 g/mol. The highest BCUT2D eigenvalue weighted by molar-refractivity contribution is 4.79. The molecule has 1 heterocycles. The molecule has 15 heavy (non-hydrogen) atoms. The molecule has 0 bridgehead atoms. The minimum Gasteiger partial charge on any atom is -0.396 e. The van der Waals surface area contributed by atoms with Crippen LogP contribution in [0.15, 0.2) is 18.5 Å². The Balaban J connectivity index is 2.20. The number of rotatable bonds is 7. The lowest BCUT2D eigenvalue weighted by molar-refractivity contribution is 0.272. The first-order valence-corrected chi connectivity index (χ1v) is 5.56. The van der Waals surface area contributed by atoms with Crippen LogP contribution in [0.4, 0.5) is 0 Å². The first-order chi connectivity index (χ1) is 7.22. The van der Waals surface area contributed by atoms with E-state index in [4.69, 9.17) is 5.11 Å². The third-order valence-corrected chi connectivity index (χ3v) is 2.38. The molecule has 0 radical (unpaired) electrons. The van der Waals surface area contributed by atoms with Crippen molar-refractivity contribution in [3.63, 3.8) is 0 Å². The van der Waals surface area contributed by atoms with Crippen molar-refractivity contribution in [2.24, 2.45) is 0 Å².